The summed E-state index contributed by atoms with van der Waals surface area (Å²) in [6.07, 6.45) is 3.16. The third-order valence-corrected chi connectivity index (χ3v) is 2.55. The van der Waals surface area contributed by atoms with E-state index in [1.54, 1.807) is 31.5 Å². The van der Waals surface area contributed by atoms with Crippen LogP contribution < -0.4 is 4.84 Å². The Labute approximate surface area is 105 Å². The predicted molar refractivity (Wildman–Crippen MR) is 64.6 cm³/mol. The second kappa shape index (κ2) is 4.75. The zero-order chi connectivity index (χ0) is 13.1. The number of rotatable bonds is 3. The quantitative estimate of drug-likeness (QED) is 0.897. The SMILES string of the molecule is Cc1c(C(=O)O)cccc1C(=O)On1cccc1.[H+]. The van der Waals surface area contributed by atoms with E-state index in [2.05, 4.69) is 0 Å². The summed E-state index contributed by atoms with van der Waals surface area (Å²) in [6.45, 7) is 1.58. The Bertz CT molecular complexity index is 593. The van der Waals surface area contributed by atoms with Crippen LogP contribution in [0.25, 0.3) is 0 Å². The second-order valence-corrected chi connectivity index (χ2v) is 3.70. The van der Waals surface area contributed by atoms with Gasteiger partial charge in [-0.3, -0.25) is 0 Å². The Balaban J connectivity index is 0.00000180. The van der Waals surface area contributed by atoms with E-state index in [-0.39, 0.29) is 12.6 Å². The van der Waals surface area contributed by atoms with Gasteiger partial charge in [-0.15, -0.1) is 0 Å². The fourth-order valence-corrected chi connectivity index (χ4v) is 1.61. The van der Waals surface area contributed by atoms with Crippen molar-refractivity contribution in [3.63, 3.8) is 0 Å². The molecule has 0 saturated heterocycles. The third kappa shape index (κ3) is 2.24. The molecule has 2 rings (SSSR count). The van der Waals surface area contributed by atoms with E-state index >= 15 is 0 Å². The van der Waals surface area contributed by atoms with Crippen molar-refractivity contribution >= 4 is 11.9 Å². The highest BCUT2D eigenvalue weighted by molar-refractivity contribution is 5.97. The lowest BCUT2D eigenvalue weighted by atomic mass is 10.0. The normalized spacial score (nSPS) is 10.1. The molecule has 0 saturated carbocycles. The first-order valence-corrected chi connectivity index (χ1v) is 5.28. The average Bonchev–Trinajstić information content (AvgIpc) is 2.81. The third-order valence-electron chi connectivity index (χ3n) is 2.55. The molecule has 0 amide bonds. The van der Waals surface area contributed by atoms with Gasteiger partial charge in [-0.25, -0.2) is 9.59 Å². The molecule has 0 aliphatic rings. The minimum Gasteiger partial charge on any atom is -0.478 e. The number of hydrogen-bond donors (Lipinski definition) is 1. The fraction of sp³-hybridized carbons (Fsp3) is 0.0769. The van der Waals surface area contributed by atoms with Gasteiger partial charge in [0.25, 0.3) is 0 Å². The molecule has 2 aromatic rings. The lowest BCUT2D eigenvalue weighted by Gasteiger charge is -2.08. The number of carboxylic acids is 1. The van der Waals surface area contributed by atoms with Crippen LogP contribution in [-0.2, 0) is 0 Å². The van der Waals surface area contributed by atoms with Crippen molar-refractivity contribution in [3.8, 4) is 0 Å². The van der Waals surface area contributed by atoms with Gasteiger partial charge >= 0.3 is 13.4 Å². The van der Waals surface area contributed by atoms with Crippen LogP contribution in [0, 0.1) is 6.92 Å². The molecule has 0 bridgehead atoms. The number of aromatic nitrogens is 1. The van der Waals surface area contributed by atoms with E-state index in [1.165, 1.54) is 22.9 Å². The second-order valence-electron chi connectivity index (χ2n) is 3.70. The molecule has 1 aromatic heterocycles. The van der Waals surface area contributed by atoms with Gasteiger partial charge in [0.05, 0.1) is 11.1 Å². The zero-order valence-electron chi connectivity index (χ0n) is 10.7. The Hall–Kier alpha value is -2.56. The van der Waals surface area contributed by atoms with E-state index in [4.69, 9.17) is 9.94 Å². The van der Waals surface area contributed by atoms with Crippen molar-refractivity contribution in [2.24, 2.45) is 0 Å². The first-order chi connectivity index (χ1) is 8.59. The van der Waals surface area contributed by atoms with E-state index in [1.807, 2.05) is 0 Å². The van der Waals surface area contributed by atoms with Gasteiger partial charge in [-0.05, 0) is 36.8 Å². The minimum atomic E-state index is -1.07. The molecule has 5 heteroatoms. The number of carbonyl (C=O) groups is 2. The van der Waals surface area contributed by atoms with Gasteiger partial charge in [0.2, 0.25) is 0 Å². The van der Waals surface area contributed by atoms with E-state index in [0.717, 1.165) is 0 Å². The van der Waals surface area contributed by atoms with Gasteiger partial charge < -0.3 is 9.94 Å². The van der Waals surface area contributed by atoms with Crippen molar-refractivity contribution in [1.29, 1.82) is 0 Å². The highest BCUT2D eigenvalue weighted by Gasteiger charge is 2.16. The molecule has 0 radical (unpaired) electrons. The van der Waals surface area contributed by atoms with Crippen LogP contribution in [0.4, 0.5) is 0 Å². The highest BCUT2D eigenvalue weighted by Crippen LogP contribution is 2.14. The summed E-state index contributed by atoms with van der Waals surface area (Å²) in [6, 6.07) is 7.93. The number of aromatic carboxylic acids is 1. The van der Waals surface area contributed by atoms with Crippen LogP contribution in [0.5, 0.6) is 0 Å². The molecule has 1 N–H and O–H groups in total. The molecule has 0 atom stereocenters. The molecule has 0 fully saturated rings. The van der Waals surface area contributed by atoms with Crippen LogP contribution >= 0.6 is 0 Å². The molecule has 1 aromatic carbocycles. The van der Waals surface area contributed by atoms with Crippen molar-refractivity contribution in [3.05, 3.63) is 59.4 Å². The molecule has 5 nitrogen and oxygen atoms in total. The average molecular weight is 246 g/mol. The van der Waals surface area contributed by atoms with E-state index in [0.29, 0.717) is 5.56 Å². The molecule has 0 aliphatic carbocycles. The van der Waals surface area contributed by atoms with Gasteiger partial charge in [-0.2, -0.15) is 4.73 Å². The number of carbonyl (C=O) groups excluding carboxylic acids is 1. The summed E-state index contributed by atoms with van der Waals surface area (Å²) in [7, 11) is 0. The van der Waals surface area contributed by atoms with Crippen LogP contribution in [-0.4, -0.2) is 21.8 Å². The fourth-order valence-electron chi connectivity index (χ4n) is 1.61. The maximum absolute atomic E-state index is 11.9. The summed E-state index contributed by atoms with van der Waals surface area (Å²) < 4.78 is 1.26. The van der Waals surface area contributed by atoms with Crippen molar-refractivity contribution in [1.82, 2.24) is 4.73 Å². The Morgan fingerprint density at radius 2 is 1.78 bits per heavy atom. The Morgan fingerprint density at radius 1 is 1.17 bits per heavy atom. The molecule has 92 valence electrons. The number of carboxylic acid groups (broad SMARTS) is 1. The zero-order valence-corrected chi connectivity index (χ0v) is 9.66. The molecule has 1 heterocycles. The maximum Gasteiger partial charge on any atom is 1.00 e. The van der Waals surface area contributed by atoms with Gasteiger partial charge in [0.1, 0.15) is 0 Å². The Kier molecular flexibility index (Phi) is 3.14. The monoisotopic (exact) mass is 246 g/mol. The van der Waals surface area contributed by atoms with Gasteiger partial charge in [0, 0.05) is 12.4 Å². The van der Waals surface area contributed by atoms with E-state index in [9.17, 15) is 9.59 Å². The maximum atomic E-state index is 11.9. The summed E-state index contributed by atoms with van der Waals surface area (Å²) in [5, 5.41) is 8.97. The number of benzene rings is 1. The Morgan fingerprint density at radius 3 is 2.39 bits per heavy atom. The summed E-state index contributed by atoms with van der Waals surface area (Å²) in [5.41, 5.74) is 0.725. The van der Waals surface area contributed by atoms with Crippen LogP contribution in [0.2, 0.25) is 0 Å². The van der Waals surface area contributed by atoms with Crippen molar-refractivity contribution < 1.29 is 21.0 Å². The standard InChI is InChI=1S/C13H11NO4/c1-9-10(12(15)16)5-4-6-11(9)13(17)18-14-7-2-3-8-14/h2-8H,1H3,(H,15,16)/p+1. The molecular formula is C13H12NO4+. The molecule has 18 heavy (non-hydrogen) atoms. The molecule has 0 unspecified atom stereocenters. The van der Waals surface area contributed by atoms with Gasteiger partial charge in [0.15, 0.2) is 0 Å². The number of hydrogen-bond acceptors (Lipinski definition) is 3. The lowest BCUT2D eigenvalue weighted by molar-refractivity contribution is 0.0462. The van der Waals surface area contributed by atoms with Crippen LogP contribution in [0.3, 0.4) is 0 Å². The van der Waals surface area contributed by atoms with Crippen LogP contribution in [0.1, 0.15) is 27.7 Å². The van der Waals surface area contributed by atoms with Crippen molar-refractivity contribution in [2.75, 3.05) is 0 Å². The minimum absolute atomic E-state index is 0. The molecular weight excluding hydrogens is 234 g/mol. The number of nitrogens with zero attached hydrogens (tertiary/aromatic N) is 1. The predicted octanol–water partition coefficient (Wildman–Crippen LogP) is 1.88. The van der Waals surface area contributed by atoms with E-state index < -0.39 is 11.9 Å². The topological polar surface area (TPSA) is 68.5 Å². The summed E-state index contributed by atoms with van der Waals surface area (Å²) >= 11 is 0. The largest absolute Gasteiger partial charge is 1.00 e. The summed E-state index contributed by atoms with van der Waals surface area (Å²) in [4.78, 5) is 27.9. The first kappa shape index (κ1) is 11.9. The molecule has 0 aliphatic heterocycles. The summed E-state index contributed by atoms with van der Waals surface area (Å²) in [5.74, 6) is -1.66. The smallest absolute Gasteiger partial charge is 0.478 e. The molecule has 0 spiro atoms. The van der Waals surface area contributed by atoms with Crippen molar-refractivity contribution in [2.45, 2.75) is 6.92 Å². The van der Waals surface area contributed by atoms with Crippen LogP contribution in [0.15, 0.2) is 42.7 Å². The lowest BCUT2D eigenvalue weighted by Crippen LogP contribution is -2.20. The first-order valence-electron chi connectivity index (χ1n) is 5.28. The van der Waals surface area contributed by atoms with Gasteiger partial charge in [-0.1, -0.05) is 6.07 Å². The highest BCUT2D eigenvalue weighted by atomic mass is 16.7.